The Labute approximate surface area is 150 Å². The quantitative estimate of drug-likeness (QED) is 0.608. The summed E-state index contributed by atoms with van der Waals surface area (Å²) in [6, 6.07) is 13.4. The Hall–Kier alpha value is -3.28. The molecule has 1 amide bonds. The van der Waals surface area contributed by atoms with Gasteiger partial charge in [-0.1, -0.05) is 31.2 Å². The summed E-state index contributed by atoms with van der Waals surface area (Å²) in [6.07, 6.45) is 2.53. The summed E-state index contributed by atoms with van der Waals surface area (Å²) in [4.78, 5) is 21.4. The zero-order valence-electron chi connectivity index (χ0n) is 14.7. The number of anilines is 1. The minimum Gasteiger partial charge on any atom is -0.303 e. The highest BCUT2D eigenvalue weighted by molar-refractivity contribution is 6.08. The highest BCUT2D eigenvalue weighted by atomic mass is 16.2. The number of nitrogens with zero attached hydrogens (tertiary/aromatic N) is 4. The van der Waals surface area contributed by atoms with Gasteiger partial charge in [0.1, 0.15) is 5.69 Å². The van der Waals surface area contributed by atoms with Crippen LogP contribution < -0.4 is 5.32 Å². The first-order chi connectivity index (χ1) is 12.7. The van der Waals surface area contributed by atoms with E-state index in [0.29, 0.717) is 11.5 Å². The van der Waals surface area contributed by atoms with Crippen LogP contribution in [0.1, 0.15) is 29.4 Å². The second-order valence-corrected chi connectivity index (χ2v) is 6.25. The molecule has 0 unspecified atom stereocenters. The van der Waals surface area contributed by atoms with Crippen molar-refractivity contribution in [3.8, 4) is 0 Å². The zero-order valence-corrected chi connectivity index (χ0v) is 14.7. The summed E-state index contributed by atoms with van der Waals surface area (Å²) in [5.41, 5.74) is 3.22. The van der Waals surface area contributed by atoms with Gasteiger partial charge in [-0.05, 0) is 37.1 Å². The zero-order chi connectivity index (χ0) is 18.1. The summed E-state index contributed by atoms with van der Waals surface area (Å²) in [6.45, 7) is 4.87. The van der Waals surface area contributed by atoms with Crippen molar-refractivity contribution in [1.82, 2.24) is 19.7 Å². The molecule has 0 aliphatic heterocycles. The highest BCUT2D eigenvalue weighted by Gasteiger charge is 2.17. The number of nitrogens with one attached hydrogen (secondary N) is 1. The van der Waals surface area contributed by atoms with Gasteiger partial charge in [-0.25, -0.2) is 9.67 Å². The number of hydrogen-bond acceptors (Lipinski definition) is 4. The van der Waals surface area contributed by atoms with E-state index in [1.807, 2.05) is 35.9 Å². The van der Waals surface area contributed by atoms with Crippen molar-refractivity contribution in [1.29, 1.82) is 0 Å². The van der Waals surface area contributed by atoms with Crippen molar-refractivity contribution in [3.05, 3.63) is 59.9 Å². The minimum atomic E-state index is -0.280. The van der Waals surface area contributed by atoms with Gasteiger partial charge in [0, 0.05) is 18.1 Å². The molecule has 0 radical (unpaired) electrons. The lowest BCUT2D eigenvalue weighted by atomic mass is 10.1. The van der Waals surface area contributed by atoms with Crippen molar-refractivity contribution in [3.63, 3.8) is 0 Å². The van der Waals surface area contributed by atoms with E-state index in [2.05, 4.69) is 22.3 Å². The van der Waals surface area contributed by atoms with E-state index < -0.39 is 0 Å². The van der Waals surface area contributed by atoms with E-state index in [1.54, 1.807) is 24.4 Å². The number of amides is 1. The van der Waals surface area contributed by atoms with Crippen molar-refractivity contribution < 1.29 is 4.79 Å². The number of hydrogen-bond donors (Lipinski definition) is 1. The van der Waals surface area contributed by atoms with Crippen LogP contribution in [0.4, 0.5) is 5.82 Å². The molecule has 4 aromatic rings. The summed E-state index contributed by atoms with van der Waals surface area (Å²) in [7, 11) is 0. The summed E-state index contributed by atoms with van der Waals surface area (Å²) >= 11 is 0. The van der Waals surface area contributed by atoms with Gasteiger partial charge in [0.05, 0.1) is 10.9 Å². The van der Waals surface area contributed by atoms with Crippen LogP contribution in [-0.4, -0.2) is 25.7 Å². The van der Waals surface area contributed by atoms with Gasteiger partial charge >= 0.3 is 0 Å². The number of pyridine rings is 2. The maximum Gasteiger partial charge on any atom is 0.275 e. The molecule has 26 heavy (non-hydrogen) atoms. The maximum atomic E-state index is 12.5. The molecule has 0 aliphatic carbocycles. The number of benzene rings is 1. The van der Waals surface area contributed by atoms with E-state index >= 15 is 0 Å². The van der Waals surface area contributed by atoms with Crippen LogP contribution in [0, 0.1) is 6.92 Å². The van der Waals surface area contributed by atoms with Crippen LogP contribution in [0.15, 0.2) is 48.7 Å². The molecule has 0 aliphatic rings. The molecular formula is C20H19N5O. The number of carbonyl (C=O) groups is 1. The third kappa shape index (κ3) is 2.79. The summed E-state index contributed by atoms with van der Waals surface area (Å²) in [5.74, 6) is 0.234. The van der Waals surface area contributed by atoms with Crippen LogP contribution in [-0.2, 0) is 6.54 Å². The number of para-hydroxylation sites is 1. The number of fused-ring (bicyclic) bond motifs is 2. The second kappa shape index (κ2) is 6.55. The Kier molecular flexibility index (Phi) is 4.08. The van der Waals surface area contributed by atoms with Crippen LogP contribution >= 0.6 is 0 Å². The maximum absolute atomic E-state index is 12.5. The van der Waals surface area contributed by atoms with Gasteiger partial charge in [-0.15, -0.1) is 0 Å². The van der Waals surface area contributed by atoms with E-state index in [1.165, 1.54) is 0 Å². The first-order valence-corrected chi connectivity index (χ1v) is 8.66. The molecule has 130 valence electrons. The first kappa shape index (κ1) is 16.2. The molecule has 1 aromatic carbocycles. The largest absolute Gasteiger partial charge is 0.303 e. The predicted molar refractivity (Wildman–Crippen MR) is 102 cm³/mol. The Balaban J connectivity index is 1.85. The number of aromatic nitrogens is 4. The fourth-order valence-corrected chi connectivity index (χ4v) is 3.06. The Morgan fingerprint density at radius 3 is 2.85 bits per heavy atom. The molecule has 0 bridgehead atoms. The predicted octanol–water partition coefficient (Wildman–Crippen LogP) is 3.95. The van der Waals surface area contributed by atoms with Crippen LogP contribution in [0.2, 0.25) is 0 Å². The van der Waals surface area contributed by atoms with Gasteiger partial charge < -0.3 is 5.32 Å². The second-order valence-electron chi connectivity index (χ2n) is 6.25. The van der Waals surface area contributed by atoms with Gasteiger partial charge in [0.25, 0.3) is 5.91 Å². The number of carbonyl (C=O) groups excluding carboxylic acids is 1. The average molecular weight is 345 g/mol. The third-order valence-electron chi connectivity index (χ3n) is 4.31. The Bertz CT molecular complexity index is 1100. The SMILES string of the molecule is CCCn1nc(NC(=O)c2ccccn2)c2cc3cccc(C)c3nc21. The Morgan fingerprint density at radius 1 is 1.19 bits per heavy atom. The minimum absolute atomic E-state index is 0.280. The number of rotatable bonds is 4. The van der Waals surface area contributed by atoms with Gasteiger partial charge in [-0.2, -0.15) is 5.10 Å². The monoisotopic (exact) mass is 345 g/mol. The van der Waals surface area contributed by atoms with Gasteiger partial charge in [0.2, 0.25) is 0 Å². The lowest BCUT2D eigenvalue weighted by Gasteiger charge is -2.04. The summed E-state index contributed by atoms with van der Waals surface area (Å²) < 4.78 is 1.86. The van der Waals surface area contributed by atoms with Crippen molar-refractivity contribution in [2.75, 3.05) is 5.32 Å². The van der Waals surface area contributed by atoms with E-state index in [0.717, 1.165) is 40.5 Å². The van der Waals surface area contributed by atoms with Crippen LogP contribution in [0.5, 0.6) is 0 Å². The average Bonchev–Trinajstić information content (AvgIpc) is 2.98. The molecule has 0 atom stereocenters. The topological polar surface area (TPSA) is 72.7 Å². The van der Waals surface area contributed by atoms with Crippen LogP contribution in [0.25, 0.3) is 21.9 Å². The van der Waals surface area contributed by atoms with E-state index in [-0.39, 0.29) is 5.91 Å². The molecule has 0 saturated heterocycles. The fraction of sp³-hybridized carbons (Fsp3) is 0.200. The lowest BCUT2D eigenvalue weighted by Crippen LogP contribution is -2.14. The lowest BCUT2D eigenvalue weighted by molar-refractivity contribution is 0.102. The summed E-state index contributed by atoms with van der Waals surface area (Å²) in [5, 5.41) is 9.34. The number of aryl methyl sites for hydroxylation is 2. The van der Waals surface area contributed by atoms with Crippen molar-refractivity contribution in [2.24, 2.45) is 0 Å². The van der Waals surface area contributed by atoms with Crippen LogP contribution in [0.3, 0.4) is 0 Å². The molecule has 3 heterocycles. The molecule has 6 nitrogen and oxygen atoms in total. The molecule has 0 fully saturated rings. The molecular weight excluding hydrogens is 326 g/mol. The molecule has 1 N–H and O–H groups in total. The smallest absolute Gasteiger partial charge is 0.275 e. The molecule has 6 heteroatoms. The van der Waals surface area contributed by atoms with Crippen molar-refractivity contribution >= 4 is 33.7 Å². The van der Waals surface area contributed by atoms with Gasteiger partial charge in [-0.3, -0.25) is 9.78 Å². The van der Waals surface area contributed by atoms with Gasteiger partial charge in [0.15, 0.2) is 11.5 Å². The molecule has 3 aromatic heterocycles. The first-order valence-electron chi connectivity index (χ1n) is 8.66. The Morgan fingerprint density at radius 2 is 2.08 bits per heavy atom. The highest BCUT2D eigenvalue weighted by Crippen LogP contribution is 2.27. The van der Waals surface area contributed by atoms with Crippen molar-refractivity contribution in [2.45, 2.75) is 26.8 Å². The fourth-order valence-electron chi connectivity index (χ4n) is 3.06. The molecule has 4 rings (SSSR count). The third-order valence-corrected chi connectivity index (χ3v) is 4.31. The normalized spacial score (nSPS) is 11.2. The molecule has 0 saturated carbocycles. The molecule has 0 spiro atoms. The van der Waals surface area contributed by atoms with E-state index in [4.69, 9.17) is 4.98 Å². The van der Waals surface area contributed by atoms with E-state index in [9.17, 15) is 4.79 Å². The standard InChI is InChI=1S/C20H19N5O/c1-3-11-25-19-15(12-14-8-6-7-13(2)17(14)22-19)18(24-25)23-20(26)16-9-4-5-10-21-16/h4-10,12H,3,11H2,1-2H3,(H,23,24,26).